The molecule has 1 heterocycles. The fourth-order valence-corrected chi connectivity index (χ4v) is 1.25. The van der Waals surface area contributed by atoms with Crippen molar-refractivity contribution in [1.29, 1.82) is 0 Å². The van der Waals surface area contributed by atoms with Gasteiger partial charge in [0.2, 0.25) is 5.91 Å². The number of nitrogens with one attached hydrogen (secondary N) is 1. The number of hydrogen-bond acceptors (Lipinski definition) is 4. The van der Waals surface area contributed by atoms with Crippen LogP contribution < -0.4 is 11.1 Å². The third-order valence-corrected chi connectivity index (χ3v) is 1.99. The van der Waals surface area contributed by atoms with Crippen LogP contribution in [0.4, 0.5) is 5.82 Å². The predicted octanol–water partition coefficient (Wildman–Crippen LogP) is 0.254. The van der Waals surface area contributed by atoms with E-state index in [0.29, 0.717) is 31.5 Å². The molecule has 1 aromatic rings. The Kier molecular flexibility index (Phi) is 5.48. The van der Waals surface area contributed by atoms with Gasteiger partial charge in [-0.2, -0.15) is 5.10 Å². The van der Waals surface area contributed by atoms with E-state index in [4.69, 9.17) is 10.5 Å². The number of anilines is 1. The number of carbonyl (C=O) groups excluding carboxylic acids is 1. The summed E-state index contributed by atoms with van der Waals surface area (Å²) >= 11 is 0. The normalized spacial score (nSPS) is 10.8. The Hall–Kier alpha value is -1.56. The summed E-state index contributed by atoms with van der Waals surface area (Å²) in [7, 11) is 0. The van der Waals surface area contributed by atoms with E-state index in [9.17, 15) is 4.79 Å². The van der Waals surface area contributed by atoms with Crippen molar-refractivity contribution in [2.45, 2.75) is 20.4 Å². The Balaban J connectivity index is 2.09. The van der Waals surface area contributed by atoms with Gasteiger partial charge in [0.25, 0.3) is 0 Å². The number of nitrogens with two attached hydrogens (primary N) is 1. The second-order valence-electron chi connectivity index (χ2n) is 4.26. The molecule has 0 radical (unpaired) electrons. The summed E-state index contributed by atoms with van der Waals surface area (Å²) in [6, 6.07) is 1.65. The van der Waals surface area contributed by atoms with Gasteiger partial charge in [-0.3, -0.25) is 9.48 Å². The first-order valence-electron chi connectivity index (χ1n) is 5.71. The van der Waals surface area contributed by atoms with Crippen LogP contribution in [-0.4, -0.2) is 35.4 Å². The number of rotatable bonds is 7. The number of aromatic nitrogens is 2. The van der Waals surface area contributed by atoms with Crippen molar-refractivity contribution >= 4 is 11.7 Å². The second-order valence-corrected chi connectivity index (χ2v) is 4.26. The Labute approximate surface area is 101 Å². The highest BCUT2D eigenvalue weighted by Gasteiger charge is 2.03. The van der Waals surface area contributed by atoms with Crippen LogP contribution in [0.15, 0.2) is 12.3 Å². The molecule has 0 bridgehead atoms. The van der Waals surface area contributed by atoms with Crippen molar-refractivity contribution in [3.8, 4) is 0 Å². The molecule has 96 valence electrons. The zero-order chi connectivity index (χ0) is 12.7. The number of carbonyl (C=O) groups is 1. The molecular weight excluding hydrogens is 220 g/mol. The minimum absolute atomic E-state index is 0.0961. The number of amides is 1. The molecule has 6 heteroatoms. The summed E-state index contributed by atoms with van der Waals surface area (Å²) < 4.78 is 6.84. The van der Waals surface area contributed by atoms with Crippen molar-refractivity contribution in [1.82, 2.24) is 15.1 Å². The summed E-state index contributed by atoms with van der Waals surface area (Å²) in [5.41, 5.74) is 5.44. The molecule has 6 nitrogen and oxygen atoms in total. The molecule has 0 saturated heterocycles. The third kappa shape index (κ3) is 5.91. The molecule has 0 fully saturated rings. The average Bonchev–Trinajstić information content (AvgIpc) is 2.63. The molecule has 0 atom stereocenters. The minimum Gasteiger partial charge on any atom is -0.382 e. The average molecular weight is 240 g/mol. The Morgan fingerprint density at radius 3 is 3.00 bits per heavy atom. The molecule has 0 saturated carbocycles. The van der Waals surface area contributed by atoms with Gasteiger partial charge in [0.05, 0.1) is 6.61 Å². The minimum atomic E-state index is -0.0961. The number of nitrogens with zero attached hydrogens (tertiary/aromatic N) is 2. The maximum Gasteiger partial charge on any atom is 0.241 e. The van der Waals surface area contributed by atoms with Crippen molar-refractivity contribution in [2.75, 3.05) is 25.5 Å². The van der Waals surface area contributed by atoms with E-state index in [1.165, 1.54) is 4.68 Å². The first-order chi connectivity index (χ1) is 8.08. The van der Waals surface area contributed by atoms with Crippen LogP contribution in [0.2, 0.25) is 0 Å². The van der Waals surface area contributed by atoms with E-state index >= 15 is 0 Å². The van der Waals surface area contributed by atoms with Gasteiger partial charge >= 0.3 is 0 Å². The monoisotopic (exact) mass is 240 g/mol. The lowest BCUT2D eigenvalue weighted by Crippen LogP contribution is -2.31. The molecule has 0 aliphatic rings. The van der Waals surface area contributed by atoms with Gasteiger partial charge in [0.1, 0.15) is 12.4 Å². The van der Waals surface area contributed by atoms with Crippen molar-refractivity contribution in [2.24, 2.45) is 5.92 Å². The summed E-state index contributed by atoms with van der Waals surface area (Å²) in [6.45, 7) is 6.11. The maximum atomic E-state index is 11.5. The van der Waals surface area contributed by atoms with Crippen LogP contribution >= 0.6 is 0 Å². The zero-order valence-corrected chi connectivity index (χ0v) is 10.3. The zero-order valence-electron chi connectivity index (χ0n) is 10.3. The molecule has 0 spiro atoms. The van der Waals surface area contributed by atoms with Crippen LogP contribution in [0.3, 0.4) is 0 Å². The van der Waals surface area contributed by atoms with Gasteiger partial charge < -0.3 is 15.8 Å². The number of ether oxygens (including phenoxy) is 1. The number of nitrogen functional groups attached to an aromatic ring is 1. The highest BCUT2D eigenvalue weighted by molar-refractivity contribution is 5.75. The van der Waals surface area contributed by atoms with Crippen molar-refractivity contribution < 1.29 is 9.53 Å². The van der Waals surface area contributed by atoms with E-state index in [2.05, 4.69) is 24.3 Å². The van der Waals surface area contributed by atoms with E-state index in [-0.39, 0.29) is 12.5 Å². The van der Waals surface area contributed by atoms with Gasteiger partial charge in [-0.1, -0.05) is 13.8 Å². The van der Waals surface area contributed by atoms with Gasteiger partial charge in [-0.25, -0.2) is 0 Å². The standard InChI is InChI=1S/C11H20N4O2/c1-9(2)8-17-6-4-13-11(16)7-15-5-3-10(12)14-15/h3,5,9H,4,6-8H2,1-2H3,(H2,12,14)(H,13,16). The smallest absolute Gasteiger partial charge is 0.241 e. The van der Waals surface area contributed by atoms with Gasteiger partial charge in [-0.15, -0.1) is 0 Å². The molecule has 0 aliphatic carbocycles. The quantitative estimate of drug-likeness (QED) is 0.669. The molecule has 0 aliphatic heterocycles. The molecule has 17 heavy (non-hydrogen) atoms. The lowest BCUT2D eigenvalue weighted by Gasteiger charge is -2.08. The van der Waals surface area contributed by atoms with E-state index in [0.717, 1.165) is 0 Å². The molecule has 3 N–H and O–H groups in total. The van der Waals surface area contributed by atoms with Crippen molar-refractivity contribution in [3.05, 3.63) is 12.3 Å². The SMILES string of the molecule is CC(C)COCCNC(=O)Cn1ccc(N)n1. The summed E-state index contributed by atoms with van der Waals surface area (Å²) in [6.07, 6.45) is 1.67. The third-order valence-electron chi connectivity index (χ3n) is 1.99. The molecule has 1 aromatic heterocycles. The lowest BCUT2D eigenvalue weighted by molar-refractivity contribution is -0.122. The summed E-state index contributed by atoms with van der Waals surface area (Å²) in [5.74, 6) is 0.831. The van der Waals surface area contributed by atoms with Crippen LogP contribution in [0.25, 0.3) is 0 Å². The lowest BCUT2D eigenvalue weighted by atomic mass is 10.2. The maximum absolute atomic E-state index is 11.5. The Morgan fingerprint density at radius 1 is 1.65 bits per heavy atom. The van der Waals surface area contributed by atoms with Gasteiger partial charge in [0, 0.05) is 19.3 Å². The molecule has 1 rings (SSSR count). The van der Waals surface area contributed by atoms with Gasteiger partial charge in [0.15, 0.2) is 0 Å². The first-order valence-corrected chi connectivity index (χ1v) is 5.71. The highest BCUT2D eigenvalue weighted by atomic mass is 16.5. The van der Waals surface area contributed by atoms with E-state index in [1.54, 1.807) is 12.3 Å². The fourth-order valence-electron chi connectivity index (χ4n) is 1.25. The molecular formula is C11H20N4O2. The molecule has 0 unspecified atom stereocenters. The Bertz CT molecular complexity index is 349. The first kappa shape index (κ1) is 13.5. The predicted molar refractivity (Wildman–Crippen MR) is 65.3 cm³/mol. The number of hydrogen-bond donors (Lipinski definition) is 2. The highest BCUT2D eigenvalue weighted by Crippen LogP contribution is 1.95. The largest absolute Gasteiger partial charge is 0.382 e. The topological polar surface area (TPSA) is 82.2 Å². The summed E-state index contributed by atoms with van der Waals surface area (Å²) in [4.78, 5) is 11.5. The molecule has 0 aromatic carbocycles. The van der Waals surface area contributed by atoms with Crippen LogP contribution in [0, 0.1) is 5.92 Å². The van der Waals surface area contributed by atoms with Crippen LogP contribution in [-0.2, 0) is 16.1 Å². The van der Waals surface area contributed by atoms with E-state index in [1.807, 2.05) is 0 Å². The second kappa shape index (κ2) is 6.90. The Morgan fingerprint density at radius 2 is 2.41 bits per heavy atom. The fraction of sp³-hybridized carbons (Fsp3) is 0.636. The van der Waals surface area contributed by atoms with E-state index < -0.39 is 0 Å². The van der Waals surface area contributed by atoms with Gasteiger partial charge in [-0.05, 0) is 12.0 Å². The van der Waals surface area contributed by atoms with Crippen molar-refractivity contribution in [3.63, 3.8) is 0 Å². The van der Waals surface area contributed by atoms with Crippen LogP contribution in [0.5, 0.6) is 0 Å². The van der Waals surface area contributed by atoms with Crippen LogP contribution in [0.1, 0.15) is 13.8 Å². The summed E-state index contributed by atoms with van der Waals surface area (Å²) in [5, 5.41) is 6.67. The molecule has 1 amide bonds.